The molecule has 158 valence electrons. The van der Waals surface area contributed by atoms with E-state index in [-0.39, 0.29) is 18.5 Å². The van der Waals surface area contributed by atoms with E-state index in [0.717, 1.165) is 47.8 Å². The van der Waals surface area contributed by atoms with Crippen LogP contribution in [0.4, 0.5) is 16.0 Å². The number of nitrogens with zero attached hydrogens (tertiary/aromatic N) is 5. The van der Waals surface area contributed by atoms with Crippen molar-refractivity contribution in [3.8, 4) is 11.4 Å². The second kappa shape index (κ2) is 8.31. The lowest BCUT2D eigenvalue weighted by Crippen LogP contribution is -2.24. The lowest BCUT2D eigenvalue weighted by atomic mass is 10.0. The number of hydrogen-bond donors (Lipinski definition) is 2. The molecule has 2 N–H and O–H groups in total. The summed E-state index contributed by atoms with van der Waals surface area (Å²) in [6, 6.07) is 16.5. The fourth-order valence-electron chi connectivity index (χ4n) is 4.15. The standard InChI is InChI=1S/C23H23FN6O/c24-17-5-1-4-16(14-17)19-7-3-12-29(19)23-10-9-22-26-15-20(30(22)28-23)18-6-2-8-21(27-18)25-11-13-31/h1-2,4-6,8-10,14-15,19,31H,3,7,11-13H2,(H,25,27). The first kappa shape index (κ1) is 19.4. The fourth-order valence-corrected chi connectivity index (χ4v) is 4.15. The fraction of sp³-hybridized carbons (Fsp3) is 0.261. The zero-order chi connectivity index (χ0) is 21.2. The van der Waals surface area contributed by atoms with Crippen LogP contribution in [0.1, 0.15) is 24.4 Å². The SMILES string of the molecule is OCCNc1cccc(-c2cnc3ccc(N4CCCC4c4cccc(F)c4)nn23)n1. The number of hydrogen-bond acceptors (Lipinski definition) is 6. The molecule has 4 aromatic rings. The number of benzene rings is 1. The maximum Gasteiger partial charge on any atom is 0.154 e. The van der Waals surface area contributed by atoms with Crippen molar-refractivity contribution in [2.45, 2.75) is 18.9 Å². The highest BCUT2D eigenvalue weighted by atomic mass is 19.1. The lowest BCUT2D eigenvalue weighted by molar-refractivity contribution is 0.311. The predicted octanol–water partition coefficient (Wildman–Crippen LogP) is 3.68. The Morgan fingerprint density at radius 3 is 2.90 bits per heavy atom. The summed E-state index contributed by atoms with van der Waals surface area (Å²) in [6.07, 6.45) is 3.75. The van der Waals surface area contributed by atoms with E-state index in [9.17, 15) is 4.39 Å². The Hall–Kier alpha value is -3.52. The van der Waals surface area contributed by atoms with E-state index in [1.165, 1.54) is 6.07 Å². The molecule has 3 aromatic heterocycles. The third kappa shape index (κ3) is 3.82. The van der Waals surface area contributed by atoms with Gasteiger partial charge in [0.1, 0.15) is 23.1 Å². The predicted molar refractivity (Wildman–Crippen MR) is 118 cm³/mol. The molecule has 1 unspecified atom stereocenters. The zero-order valence-electron chi connectivity index (χ0n) is 16.9. The summed E-state index contributed by atoms with van der Waals surface area (Å²) in [4.78, 5) is 11.3. The Labute approximate surface area is 179 Å². The van der Waals surface area contributed by atoms with Crippen molar-refractivity contribution in [3.05, 3.63) is 72.2 Å². The average Bonchev–Trinajstić information content (AvgIpc) is 3.45. The van der Waals surface area contributed by atoms with Crippen molar-refractivity contribution in [1.29, 1.82) is 0 Å². The Morgan fingerprint density at radius 1 is 1.13 bits per heavy atom. The second-order valence-electron chi connectivity index (χ2n) is 7.57. The molecular formula is C23H23FN6O. The van der Waals surface area contributed by atoms with Gasteiger partial charge in [-0.2, -0.15) is 0 Å². The number of aliphatic hydroxyl groups is 1. The van der Waals surface area contributed by atoms with Gasteiger partial charge in [0.2, 0.25) is 0 Å². The van der Waals surface area contributed by atoms with Gasteiger partial charge in [0.15, 0.2) is 5.65 Å². The molecule has 1 aromatic carbocycles. The Balaban J connectivity index is 1.51. The first-order chi connectivity index (χ1) is 15.2. The Kier molecular flexibility index (Phi) is 5.21. The topological polar surface area (TPSA) is 78.6 Å². The van der Waals surface area contributed by atoms with Crippen LogP contribution in [0.3, 0.4) is 0 Å². The van der Waals surface area contributed by atoms with Gasteiger partial charge in [-0.3, -0.25) is 0 Å². The number of aromatic nitrogens is 4. The van der Waals surface area contributed by atoms with Crippen LogP contribution in [-0.2, 0) is 0 Å². The van der Waals surface area contributed by atoms with Gasteiger partial charge in [-0.25, -0.2) is 18.9 Å². The zero-order valence-corrected chi connectivity index (χ0v) is 16.9. The molecule has 0 radical (unpaired) electrons. The molecular weight excluding hydrogens is 395 g/mol. The van der Waals surface area contributed by atoms with Gasteiger partial charge in [-0.05, 0) is 54.8 Å². The van der Waals surface area contributed by atoms with Crippen LogP contribution in [0.25, 0.3) is 17.0 Å². The molecule has 8 heteroatoms. The number of imidazole rings is 1. The molecule has 1 fully saturated rings. The van der Waals surface area contributed by atoms with Crippen molar-refractivity contribution in [1.82, 2.24) is 19.6 Å². The van der Waals surface area contributed by atoms with Crippen LogP contribution in [-0.4, -0.2) is 44.4 Å². The number of rotatable bonds is 6. The number of fused-ring (bicyclic) bond motifs is 1. The third-order valence-corrected chi connectivity index (χ3v) is 5.56. The summed E-state index contributed by atoms with van der Waals surface area (Å²) in [6.45, 7) is 1.33. The Bertz CT molecular complexity index is 1210. The highest BCUT2D eigenvalue weighted by Gasteiger charge is 2.28. The van der Waals surface area contributed by atoms with Gasteiger partial charge >= 0.3 is 0 Å². The van der Waals surface area contributed by atoms with Crippen LogP contribution < -0.4 is 10.2 Å². The molecule has 5 rings (SSSR count). The summed E-state index contributed by atoms with van der Waals surface area (Å²) in [7, 11) is 0. The van der Waals surface area contributed by atoms with Gasteiger partial charge in [0, 0.05) is 13.1 Å². The summed E-state index contributed by atoms with van der Waals surface area (Å²) in [5, 5.41) is 17.0. The van der Waals surface area contributed by atoms with Crippen molar-refractivity contribution < 1.29 is 9.50 Å². The van der Waals surface area contributed by atoms with Crippen LogP contribution in [0.5, 0.6) is 0 Å². The van der Waals surface area contributed by atoms with E-state index in [0.29, 0.717) is 12.4 Å². The number of halogens is 1. The molecule has 0 aliphatic carbocycles. The number of nitrogens with one attached hydrogen (secondary N) is 1. The van der Waals surface area contributed by atoms with Crippen molar-refractivity contribution in [3.63, 3.8) is 0 Å². The van der Waals surface area contributed by atoms with Gasteiger partial charge < -0.3 is 15.3 Å². The normalized spacial score (nSPS) is 16.2. The minimum atomic E-state index is -0.217. The van der Waals surface area contributed by atoms with Crippen molar-refractivity contribution >= 4 is 17.3 Å². The quantitative estimate of drug-likeness (QED) is 0.497. The van der Waals surface area contributed by atoms with E-state index in [1.54, 1.807) is 22.8 Å². The van der Waals surface area contributed by atoms with Crippen molar-refractivity contribution in [2.24, 2.45) is 0 Å². The van der Waals surface area contributed by atoms with Crippen LogP contribution in [0, 0.1) is 5.82 Å². The number of pyridine rings is 1. The van der Waals surface area contributed by atoms with Gasteiger partial charge in [0.05, 0.1) is 24.5 Å². The molecule has 31 heavy (non-hydrogen) atoms. The molecule has 1 aliphatic heterocycles. The molecule has 0 saturated carbocycles. The molecule has 1 aliphatic rings. The van der Waals surface area contributed by atoms with Gasteiger partial charge in [0.25, 0.3) is 0 Å². The smallest absolute Gasteiger partial charge is 0.154 e. The summed E-state index contributed by atoms with van der Waals surface area (Å²) < 4.78 is 15.6. The highest BCUT2D eigenvalue weighted by Crippen LogP contribution is 2.35. The third-order valence-electron chi connectivity index (χ3n) is 5.56. The number of anilines is 2. The molecule has 0 amide bonds. The summed E-state index contributed by atoms with van der Waals surface area (Å²) in [5.74, 6) is 1.29. The summed E-state index contributed by atoms with van der Waals surface area (Å²) in [5.41, 5.74) is 3.22. The first-order valence-electron chi connectivity index (χ1n) is 10.4. The minimum Gasteiger partial charge on any atom is -0.395 e. The largest absolute Gasteiger partial charge is 0.395 e. The lowest BCUT2D eigenvalue weighted by Gasteiger charge is -2.26. The van der Waals surface area contributed by atoms with Gasteiger partial charge in [-0.1, -0.05) is 18.2 Å². The number of aliphatic hydroxyl groups excluding tert-OH is 1. The van der Waals surface area contributed by atoms with Crippen LogP contribution >= 0.6 is 0 Å². The van der Waals surface area contributed by atoms with E-state index >= 15 is 0 Å². The minimum absolute atomic E-state index is 0.0365. The molecule has 4 heterocycles. The van der Waals surface area contributed by atoms with Gasteiger partial charge in [-0.15, -0.1) is 5.10 Å². The van der Waals surface area contributed by atoms with E-state index in [1.807, 2.05) is 36.4 Å². The average molecular weight is 418 g/mol. The molecule has 1 atom stereocenters. The highest BCUT2D eigenvalue weighted by molar-refractivity contribution is 5.62. The molecule has 1 saturated heterocycles. The van der Waals surface area contributed by atoms with E-state index in [2.05, 4.69) is 20.2 Å². The monoisotopic (exact) mass is 418 g/mol. The molecule has 7 nitrogen and oxygen atoms in total. The first-order valence-corrected chi connectivity index (χ1v) is 10.4. The second-order valence-corrected chi connectivity index (χ2v) is 7.57. The van der Waals surface area contributed by atoms with Crippen LogP contribution in [0.2, 0.25) is 0 Å². The van der Waals surface area contributed by atoms with E-state index < -0.39 is 0 Å². The van der Waals surface area contributed by atoms with Crippen molar-refractivity contribution in [2.75, 3.05) is 29.9 Å². The maximum atomic E-state index is 13.8. The molecule has 0 bridgehead atoms. The summed E-state index contributed by atoms with van der Waals surface area (Å²) >= 11 is 0. The van der Waals surface area contributed by atoms with E-state index in [4.69, 9.17) is 10.2 Å². The van der Waals surface area contributed by atoms with Crippen LogP contribution in [0.15, 0.2) is 60.8 Å². The Morgan fingerprint density at radius 2 is 2.03 bits per heavy atom. The molecule has 0 spiro atoms. The maximum absolute atomic E-state index is 13.8.